The molecule has 0 saturated heterocycles. The van der Waals surface area contributed by atoms with E-state index in [1.165, 1.54) is 0 Å². The summed E-state index contributed by atoms with van der Waals surface area (Å²) in [7, 11) is 4.10. The molecule has 0 radical (unpaired) electrons. The van der Waals surface area contributed by atoms with E-state index in [1.807, 2.05) is 33.2 Å². The highest BCUT2D eigenvalue weighted by Crippen LogP contribution is 2.18. The van der Waals surface area contributed by atoms with Crippen molar-refractivity contribution >= 4 is 0 Å². The molecule has 0 saturated carbocycles. The molecule has 3 nitrogen and oxygen atoms in total. The highest BCUT2D eigenvalue weighted by Gasteiger charge is 2.00. The molecule has 0 aromatic heterocycles. The van der Waals surface area contributed by atoms with Crippen molar-refractivity contribution in [1.29, 1.82) is 5.26 Å². The Balaban J connectivity index is 2.46. The molecule has 0 aliphatic rings. The van der Waals surface area contributed by atoms with Gasteiger partial charge in [-0.25, -0.2) is 0 Å². The lowest BCUT2D eigenvalue weighted by Crippen LogP contribution is -2.15. The summed E-state index contributed by atoms with van der Waals surface area (Å²) in [5, 5.41) is 8.73. The molecule has 3 heteroatoms. The monoisotopic (exact) mass is 218 g/mol. The maximum absolute atomic E-state index is 8.73. The molecule has 0 heterocycles. The first-order chi connectivity index (χ1) is 7.63. The summed E-state index contributed by atoms with van der Waals surface area (Å²) < 4.78 is 5.65. The molecule has 0 aliphatic heterocycles. The lowest BCUT2D eigenvalue weighted by molar-refractivity contribution is 0.280. The average Bonchev–Trinajstić information content (AvgIpc) is 2.25. The molecule has 0 unspecified atom stereocenters. The van der Waals surface area contributed by atoms with Gasteiger partial charge in [-0.1, -0.05) is 0 Å². The maximum atomic E-state index is 8.73. The van der Waals surface area contributed by atoms with E-state index in [2.05, 4.69) is 11.0 Å². The van der Waals surface area contributed by atoms with Crippen molar-refractivity contribution in [2.45, 2.75) is 13.3 Å². The van der Waals surface area contributed by atoms with Crippen LogP contribution in [0.1, 0.15) is 17.5 Å². The number of rotatable bonds is 5. The van der Waals surface area contributed by atoms with E-state index < -0.39 is 0 Å². The second kappa shape index (κ2) is 6.14. The van der Waals surface area contributed by atoms with Crippen molar-refractivity contribution in [2.75, 3.05) is 27.2 Å². The van der Waals surface area contributed by atoms with Gasteiger partial charge in [-0.15, -0.1) is 0 Å². The molecule has 0 atom stereocenters. The molecular formula is C13H18N2O. The van der Waals surface area contributed by atoms with Crippen LogP contribution in [0, 0.1) is 18.3 Å². The van der Waals surface area contributed by atoms with E-state index in [1.54, 1.807) is 6.07 Å². The first-order valence-electron chi connectivity index (χ1n) is 5.42. The third-order valence-electron chi connectivity index (χ3n) is 2.31. The van der Waals surface area contributed by atoms with E-state index in [9.17, 15) is 0 Å². The van der Waals surface area contributed by atoms with Crippen LogP contribution in [0.25, 0.3) is 0 Å². The van der Waals surface area contributed by atoms with Crippen LogP contribution in [-0.4, -0.2) is 32.1 Å². The van der Waals surface area contributed by atoms with Gasteiger partial charge >= 0.3 is 0 Å². The van der Waals surface area contributed by atoms with Gasteiger partial charge in [-0.2, -0.15) is 5.26 Å². The predicted molar refractivity (Wildman–Crippen MR) is 64.6 cm³/mol. The van der Waals surface area contributed by atoms with Crippen LogP contribution >= 0.6 is 0 Å². The maximum Gasteiger partial charge on any atom is 0.122 e. The minimum Gasteiger partial charge on any atom is -0.493 e. The zero-order chi connectivity index (χ0) is 12.0. The minimum absolute atomic E-state index is 0.679. The van der Waals surface area contributed by atoms with Gasteiger partial charge < -0.3 is 9.64 Å². The van der Waals surface area contributed by atoms with Gasteiger partial charge in [0.2, 0.25) is 0 Å². The standard InChI is InChI=1S/C13H18N2O/c1-11-9-12(10-14)5-6-13(11)16-8-4-7-15(2)3/h5-6,9H,4,7-8H2,1-3H3. The van der Waals surface area contributed by atoms with Crippen LogP contribution in [0.5, 0.6) is 5.75 Å². The van der Waals surface area contributed by atoms with Crippen LogP contribution in [0.3, 0.4) is 0 Å². The normalized spacial score (nSPS) is 10.2. The van der Waals surface area contributed by atoms with Crippen molar-refractivity contribution in [3.63, 3.8) is 0 Å². The number of ether oxygens (including phenoxy) is 1. The molecule has 0 aliphatic carbocycles. The number of aryl methyl sites for hydroxylation is 1. The molecule has 1 aromatic rings. The number of nitriles is 1. The lowest BCUT2D eigenvalue weighted by atomic mass is 10.1. The second-order valence-electron chi connectivity index (χ2n) is 4.10. The Morgan fingerprint density at radius 1 is 1.38 bits per heavy atom. The lowest BCUT2D eigenvalue weighted by Gasteiger charge is -2.11. The minimum atomic E-state index is 0.679. The highest BCUT2D eigenvalue weighted by atomic mass is 16.5. The van der Waals surface area contributed by atoms with E-state index in [4.69, 9.17) is 10.00 Å². The summed E-state index contributed by atoms with van der Waals surface area (Å²) in [6, 6.07) is 7.61. The summed E-state index contributed by atoms with van der Waals surface area (Å²) in [6.07, 6.45) is 1.01. The molecule has 86 valence electrons. The SMILES string of the molecule is Cc1cc(C#N)ccc1OCCCN(C)C. The van der Waals surface area contributed by atoms with Crippen LogP contribution in [0.4, 0.5) is 0 Å². The van der Waals surface area contributed by atoms with E-state index in [-0.39, 0.29) is 0 Å². The fourth-order valence-corrected chi connectivity index (χ4v) is 1.44. The summed E-state index contributed by atoms with van der Waals surface area (Å²) in [4.78, 5) is 2.13. The Hall–Kier alpha value is -1.53. The number of benzene rings is 1. The molecule has 0 amide bonds. The summed E-state index contributed by atoms with van der Waals surface area (Å²) in [6.45, 7) is 3.70. The van der Waals surface area contributed by atoms with Crippen molar-refractivity contribution in [3.8, 4) is 11.8 Å². The first kappa shape index (κ1) is 12.5. The second-order valence-corrected chi connectivity index (χ2v) is 4.10. The van der Waals surface area contributed by atoms with Gasteiger partial charge in [0.15, 0.2) is 0 Å². The van der Waals surface area contributed by atoms with Crippen molar-refractivity contribution in [2.24, 2.45) is 0 Å². The number of nitrogens with zero attached hydrogens (tertiary/aromatic N) is 2. The molecule has 0 fully saturated rings. The van der Waals surface area contributed by atoms with Crippen LogP contribution < -0.4 is 4.74 Å². The highest BCUT2D eigenvalue weighted by molar-refractivity contribution is 5.41. The Morgan fingerprint density at radius 2 is 2.12 bits per heavy atom. The van der Waals surface area contributed by atoms with Gasteiger partial charge in [-0.05, 0) is 51.2 Å². The fraction of sp³-hybridized carbons (Fsp3) is 0.462. The molecule has 16 heavy (non-hydrogen) atoms. The number of hydrogen-bond donors (Lipinski definition) is 0. The molecule has 1 aromatic carbocycles. The Labute approximate surface area is 97.3 Å². The smallest absolute Gasteiger partial charge is 0.122 e. The third kappa shape index (κ3) is 3.92. The van der Waals surface area contributed by atoms with Crippen molar-refractivity contribution < 1.29 is 4.74 Å². The average molecular weight is 218 g/mol. The Bertz CT molecular complexity index is 380. The predicted octanol–water partition coefficient (Wildman–Crippen LogP) is 2.20. The van der Waals surface area contributed by atoms with Gasteiger partial charge in [0.05, 0.1) is 18.2 Å². The van der Waals surface area contributed by atoms with Crippen molar-refractivity contribution in [3.05, 3.63) is 29.3 Å². The topological polar surface area (TPSA) is 36.3 Å². The van der Waals surface area contributed by atoms with E-state index in [0.29, 0.717) is 12.2 Å². The zero-order valence-electron chi connectivity index (χ0n) is 10.2. The molecule has 1 rings (SSSR count). The largest absolute Gasteiger partial charge is 0.493 e. The van der Waals surface area contributed by atoms with Gasteiger partial charge in [-0.3, -0.25) is 0 Å². The van der Waals surface area contributed by atoms with Crippen LogP contribution in [0.15, 0.2) is 18.2 Å². The fourth-order valence-electron chi connectivity index (χ4n) is 1.44. The summed E-state index contributed by atoms with van der Waals surface area (Å²) in [5.74, 6) is 0.873. The molecule has 0 bridgehead atoms. The van der Waals surface area contributed by atoms with E-state index >= 15 is 0 Å². The van der Waals surface area contributed by atoms with Gasteiger partial charge in [0, 0.05) is 6.54 Å². The molecule has 0 spiro atoms. The quantitative estimate of drug-likeness (QED) is 0.711. The third-order valence-corrected chi connectivity index (χ3v) is 2.31. The van der Waals surface area contributed by atoms with E-state index in [0.717, 1.165) is 24.3 Å². The Kier molecular flexibility index (Phi) is 4.81. The molecular weight excluding hydrogens is 200 g/mol. The summed E-state index contributed by atoms with van der Waals surface area (Å²) in [5.41, 5.74) is 1.70. The Morgan fingerprint density at radius 3 is 2.69 bits per heavy atom. The van der Waals surface area contributed by atoms with Gasteiger partial charge in [0.25, 0.3) is 0 Å². The first-order valence-corrected chi connectivity index (χ1v) is 5.42. The van der Waals surface area contributed by atoms with Gasteiger partial charge in [0.1, 0.15) is 5.75 Å². The van der Waals surface area contributed by atoms with Crippen molar-refractivity contribution in [1.82, 2.24) is 4.90 Å². The zero-order valence-corrected chi connectivity index (χ0v) is 10.2. The van der Waals surface area contributed by atoms with Crippen LogP contribution in [0.2, 0.25) is 0 Å². The summed E-state index contributed by atoms with van der Waals surface area (Å²) >= 11 is 0. The van der Waals surface area contributed by atoms with Crippen LogP contribution in [-0.2, 0) is 0 Å². The number of hydrogen-bond acceptors (Lipinski definition) is 3. The molecule has 0 N–H and O–H groups in total.